The zero-order valence-corrected chi connectivity index (χ0v) is 12.6. The fourth-order valence-corrected chi connectivity index (χ4v) is 2.15. The summed E-state index contributed by atoms with van der Waals surface area (Å²) in [7, 11) is 0. The quantitative estimate of drug-likeness (QED) is 0.862. The van der Waals surface area contributed by atoms with Crippen molar-refractivity contribution in [2.45, 2.75) is 27.2 Å². The SMILES string of the molecule is CCc1cc(C(=O)Nc2cc(C)ccc2C)cc(Cl)n1. The number of carbonyl (C=O) groups is 1. The topological polar surface area (TPSA) is 42.0 Å². The number of anilines is 1. The molecular weight excluding hydrogens is 272 g/mol. The lowest BCUT2D eigenvalue weighted by Crippen LogP contribution is -2.13. The molecule has 0 spiro atoms. The molecule has 20 heavy (non-hydrogen) atoms. The number of carbonyl (C=O) groups excluding carboxylic acids is 1. The van der Waals surface area contributed by atoms with Crippen molar-refractivity contribution >= 4 is 23.2 Å². The van der Waals surface area contributed by atoms with Crippen LogP contribution in [-0.4, -0.2) is 10.9 Å². The predicted molar refractivity (Wildman–Crippen MR) is 82.5 cm³/mol. The van der Waals surface area contributed by atoms with E-state index < -0.39 is 0 Å². The van der Waals surface area contributed by atoms with E-state index >= 15 is 0 Å². The molecule has 4 heteroatoms. The van der Waals surface area contributed by atoms with E-state index in [0.29, 0.717) is 10.7 Å². The van der Waals surface area contributed by atoms with Crippen LogP contribution in [0.4, 0.5) is 5.69 Å². The third-order valence-corrected chi connectivity index (χ3v) is 3.31. The molecule has 1 heterocycles. The number of halogens is 1. The first kappa shape index (κ1) is 14.5. The summed E-state index contributed by atoms with van der Waals surface area (Å²) < 4.78 is 0. The Bertz CT molecular complexity index is 653. The van der Waals surface area contributed by atoms with Gasteiger partial charge in [0.25, 0.3) is 5.91 Å². The van der Waals surface area contributed by atoms with Gasteiger partial charge in [0.2, 0.25) is 0 Å². The zero-order chi connectivity index (χ0) is 14.7. The van der Waals surface area contributed by atoms with E-state index in [9.17, 15) is 4.79 Å². The van der Waals surface area contributed by atoms with Gasteiger partial charge in [-0.3, -0.25) is 4.79 Å². The Morgan fingerprint density at radius 3 is 2.70 bits per heavy atom. The minimum atomic E-state index is -0.169. The van der Waals surface area contributed by atoms with Crippen molar-refractivity contribution in [2.24, 2.45) is 0 Å². The van der Waals surface area contributed by atoms with Gasteiger partial charge < -0.3 is 5.32 Å². The fraction of sp³-hybridized carbons (Fsp3) is 0.250. The molecule has 0 atom stereocenters. The molecule has 0 aliphatic rings. The van der Waals surface area contributed by atoms with E-state index in [1.165, 1.54) is 0 Å². The maximum Gasteiger partial charge on any atom is 0.255 e. The second kappa shape index (κ2) is 6.06. The molecule has 0 saturated heterocycles. The second-order valence-electron chi connectivity index (χ2n) is 4.80. The van der Waals surface area contributed by atoms with E-state index in [2.05, 4.69) is 10.3 Å². The molecule has 104 valence electrons. The number of rotatable bonds is 3. The highest BCUT2D eigenvalue weighted by atomic mass is 35.5. The zero-order valence-electron chi connectivity index (χ0n) is 11.8. The summed E-state index contributed by atoms with van der Waals surface area (Å²) in [6.45, 7) is 5.94. The first-order valence-corrected chi connectivity index (χ1v) is 6.92. The van der Waals surface area contributed by atoms with Crippen LogP contribution in [0.2, 0.25) is 5.15 Å². The third kappa shape index (κ3) is 3.36. The van der Waals surface area contributed by atoms with Gasteiger partial charge in [-0.25, -0.2) is 4.98 Å². The van der Waals surface area contributed by atoms with Crippen molar-refractivity contribution in [1.82, 2.24) is 4.98 Å². The van der Waals surface area contributed by atoms with Crippen LogP contribution in [0.1, 0.15) is 34.1 Å². The summed E-state index contributed by atoms with van der Waals surface area (Å²) >= 11 is 5.94. The lowest BCUT2D eigenvalue weighted by molar-refractivity contribution is 0.102. The first-order chi connectivity index (χ1) is 9.49. The molecule has 0 fully saturated rings. The van der Waals surface area contributed by atoms with Crippen LogP contribution >= 0.6 is 11.6 Å². The summed E-state index contributed by atoms with van der Waals surface area (Å²) in [5.41, 5.74) is 4.29. The molecule has 2 aromatic rings. The van der Waals surface area contributed by atoms with Gasteiger partial charge in [0.1, 0.15) is 5.15 Å². The molecule has 0 saturated carbocycles. The highest BCUT2D eigenvalue weighted by Crippen LogP contribution is 2.18. The molecule has 0 radical (unpaired) electrons. The van der Waals surface area contributed by atoms with Crippen molar-refractivity contribution in [1.29, 1.82) is 0 Å². The van der Waals surface area contributed by atoms with E-state index in [-0.39, 0.29) is 5.91 Å². The monoisotopic (exact) mass is 288 g/mol. The molecule has 0 unspecified atom stereocenters. The maximum atomic E-state index is 12.3. The molecular formula is C16H17ClN2O. The Morgan fingerprint density at radius 1 is 1.25 bits per heavy atom. The number of benzene rings is 1. The van der Waals surface area contributed by atoms with Crippen LogP contribution in [0.3, 0.4) is 0 Å². The molecule has 2 rings (SSSR count). The van der Waals surface area contributed by atoms with Crippen molar-refractivity contribution in [3.63, 3.8) is 0 Å². The van der Waals surface area contributed by atoms with Crippen LogP contribution < -0.4 is 5.32 Å². The number of aromatic nitrogens is 1. The van der Waals surface area contributed by atoms with E-state index in [0.717, 1.165) is 28.9 Å². The number of hydrogen-bond acceptors (Lipinski definition) is 2. The molecule has 1 aromatic heterocycles. The van der Waals surface area contributed by atoms with Crippen LogP contribution in [0, 0.1) is 13.8 Å². The maximum absolute atomic E-state index is 12.3. The van der Waals surface area contributed by atoms with Crippen molar-refractivity contribution in [3.05, 3.63) is 57.9 Å². The molecule has 1 aromatic carbocycles. The number of nitrogens with one attached hydrogen (secondary N) is 1. The Kier molecular flexibility index (Phi) is 4.40. The average Bonchev–Trinajstić information content (AvgIpc) is 2.42. The summed E-state index contributed by atoms with van der Waals surface area (Å²) in [5.74, 6) is -0.169. The molecule has 1 amide bonds. The summed E-state index contributed by atoms with van der Waals surface area (Å²) in [5, 5.41) is 3.26. The van der Waals surface area contributed by atoms with Crippen LogP contribution in [0.5, 0.6) is 0 Å². The predicted octanol–water partition coefficient (Wildman–Crippen LogP) is 4.17. The lowest BCUT2D eigenvalue weighted by atomic mass is 10.1. The molecule has 0 aliphatic heterocycles. The van der Waals surface area contributed by atoms with Gasteiger partial charge in [0.05, 0.1) is 0 Å². The molecule has 0 aliphatic carbocycles. The normalized spacial score (nSPS) is 10.4. The Morgan fingerprint density at radius 2 is 2.00 bits per heavy atom. The first-order valence-electron chi connectivity index (χ1n) is 6.54. The highest BCUT2D eigenvalue weighted by Gasteiger charge is 2.10. The third-order valence-electron chi connectivity index (χ3n) is 3.11. The van der Waals surface area contributed by atoms with Gasteiger partial charge in [-0.15, -0.1) is 0 Å². The van der Waals surface area contributed by atoms with E-state index in [1.807, 2.05) is 39.0 Å². The fourth-order valence-electron chi connectivity index (χ4n) is 1.93. The van der Waals surface area contributed by atoms with Gasteiger partial charge in [0.15, 0.2) is 0 Å². The summed E-state index contributed by atoms with van der Waals surface area (Å²) in [6.07, 6.45) is 0.740. The molecule has 1 N–H and O–H groups in total. The minimum absolute atomic E-state index is 0.169. The number of hydrogen-bond donors (Lipinski definition) is 1. The number of pyridine rings is 1. The van der Waals surface area contributed by atoms with Gasteiger partial charge in [-0.2, -0.15) is 0 Å². The summed E-state index contributed by atoms with van der Waals surface area (Å²) in [6, 6.07) is 9.32. The standard InChI is InChI=1S/C16H17ClN2O/c1-4-13-8-12(9-15(17)18-13)16(20)19-14-7-10(2)5-6-11(14)3/h5-9H,4H2,1-3H3,(H,19,20). The average molecular weight is 289 g/mol. The van der Waals surface area contributed by atoms with Crippen LogP contribution in [0.25, 0.3) is 0 Å². The summed E-state index contributed by atoms with van der Waals surface area (Å²) in [4.78, 5) is 16.5. The van der Waals surface area contributed by atoms with Gasteiger partial charge in [-0.05, 0) is 49.6 Å². The Hall–Kier alpha value is -1.87. The van der Waals surface area contributed by atoms with Gasteiger partial charge in [-0.1, -0.05) is 30.7 Å². The molecule has 3 nitrogen and oxygen atoms in total. The number of amides is 1. The van der Waals surface area contributed by atoms with Gasteiger partial charge >= 0.3 is 0 Å². The minimum Gasteiger partial charge on any atom is -0.322 e. The smallest absolute Gasteiger partial charge is 0.255 e. The van der Waals surface area contributed by atoms with E-state index in [4.69, 9.17) is 11.6 Å². The van der Waals surface area contributed by atoms with E-state index in [1.54, 1.807) is 12.1 Å². The van der Waals surface area contributed by atoms with Gasteiger partial charge in [0, 0.05) is 16.9 Å². The second-order valence-corrected chi connectivity index (χ2v) is 5.18. The largest absolute Gasteiger partial charge is 0.322 e. The van der Waals surface area contributed by atoms with Crippen molar-refractivity contribution in [3.8, 4) is 0 Å². The van der Waals surface area contributed by atoms with Crippen LogP contribution in [-0.2, 0) is 6.42 Å². The molecule has 0 bridgehead atoms. The van der Waals surface area contributed by atoms with Crippen molar-refractivity contribution < 1.29 is 4.79 Å². The highest BCUT2D eigenvalue weighted by molar-refractivity contribution is 6.29. The Balaban J connectivity index is 2.28. The Labute approximate surface area is 124 Å². The van der Waals surface area contributed by atoms with Crippen molar-refractivity contribution in [2.75, 3.05) is 5.32 Å². The number of aryl methyl sites for hydroxylation is 3. The number of nitrogens with zero attached hydrogens (tertiary/aromatic N) is 1. The van der Waals surface area contributed by atoms with Crippen LogP contribution in [0.15, 0.2) is 30.3 Å². The lowest BCUT2D eigenvalue weighted by Gasteiger charge is -2.10.